The summed E-state index contributed by atoms with van der Waals surface area (Å²) in [4.78, 5) is 4.95. The van der Waals surface area contributed by atoms with Crippen molar-refractivity contribution in [3.8, 4) is 5.75 Å². The maximum atomic E-state index is 10.3. The van der Waals surface area contributed by atoms with Gasteiger partial charge in [0.1, 0.15) is 18.5 Å². The van der Waals surface area contributed by atoms with Crippen molar-refractivity contribution in [2.75, 3.05) is 45.9 Å². The van der Waals surface area contributed by atoms with Crippen LogP contribution in [0.1, 0.15) is 25.3 Å². The summed E-state index contributed by atoms with van der Waals surface area (Å²) in [5, 5.41) is 10.3. The SMILES string of the molecule is Cc1ccccc1OCC(O)CN1CCC(N2CCOC(C)C2)CC1. The molecule has 5 heteroatoms. The molecule has 2 atom stereocenters. The average Bonchev–Trinajstić information content (AvgIpc) is 2.62. The van der Waals surface area contributed by atoms with Crippen molar-refractivity contribution in [3.63, 3.8) is 0 Å². The van der Waals surface area contributed by atoms with Crippen LogP contribution >= 0.6 is 0 Å². The van der Waals surface area contributed by atoms with E-state index in [1.54, 1.807) is 0 Å². The number of aliphatic hydroxyl groups excluding tert-OH is 1. The molecule has 0 amide bonds. The van der Waals surface area contributed by atoms with Gasteiger partial charge in [-0.1, -0.05) is 18.2 Å². The Bertz CT molecular complexity index is 531. The first-order valence-corrected chi connectivity index (χ1v) is 9.56. The Hall–Kier alpha value is -1.14. The van der Waals surface area contributed by atoms with Gasteiger partial charge in [0.25, 0.3) is 0 Å². The van der Waals surface area contributed by atoms with Crippen molar-refractivity contribution < 1.29 is 14.6 Å². The quantitative estimate of drug-likeness (QED) is 0.851. The first-order valence-electron chi connectivity index (χ1n) is 9.56. The number of aliphatic hydroxyl groups is 1. The number of morpholine rings is 1. The van der Waals surface area contributed by atoms with Gasteiger partial charge in [0.05, 0.1) is 12.7 Å². The second-order valence-corrected chi connectivity index (χ2v) is 7.44. The molecule has 1 N–H and O–H groups in total. The van der Waals surface area contributed by atoms with Crippen LogP contribution in [0.3, 0.4) is 0 Å². The van der Waals surface area contributed by atoms with E-state index in [2.05, 4.69) is 16.7 Å². The smallest absolute Gasteiger partial charge is 0.122 e. The molecule has 1 aromatic carbocycles. The lowest BCUT2D eigenvalue weighted by Crippen LogP contribution is -2.51. The minimum absolute atomic E-state index is 0.353. The van der Waals surface area contributed by atoms with Gasteiger partial charge in [0, 0.05) is 25.7 Å². The van der Waals surface area contributed by atoms with E-state index in [1.807, 2.05) is 31.2 Å². The summed E-state index contributed by atoms with van der Waals surface area (Å²) >= 11 is 0. The molecule has 0 spiro atoms. The molecule has 1 aromatic rings. The lowest BCUT2D eigenvalue weighted by molar-refractivity contribution is -0.0455. The first-order chi connectivity index (χ1) is 12.1. The normalized spacial score (nSPS) is 25.0. The van der Waals surface area contributed by atoms with Crippen molar-refractivity contribution in [3.05, 3.63) is 29.8 Å². The van der Waals surface area contributed by atoms with E-state index in [0.29, 0.717) is 25.3 Å². The third-order valence-corrected chi connectivity index (χ3v) is 5.34. The number of benzene rings is 1. The molecule has 2 fully saturated rings. The number of hydrogen-bond acceptors (Lipinski definition) is 5. The van der Waals surface area contributed by atoms with Crippen molar-refractivity contribution in [1.29, 1.82) is 0 Å². The molecule has 3 rings (SSSR count). The van der Waals surface area contributed by atoms with Crippen LogP contribution in [0.15, 0.2) is 24.3 Å². The Kier molecular flexibility index (Phi) is 6.70. The van der Waals surface area contributed by atoms with Gasteiger partial charge >= 0.3 is 0 Å². The number of nitrogens with zero attached hydrogens (tertiary/aromatic N) is 2. The van der Waals surface area contributed by atoms with Gasteiger partial charge in [-0.05, 0) is 51.4 Å². The van der Waals surface area contributed by atoms with Gasteiger partial charge in [0.2, 0.25) is 0 Å². The summed E-state index contributed by atoms with van der Waals surface area (Å²) in [7, 11) is 0. The summed E-state index contributed by atoms with van der Waals surface area (Å²) in [6.07, 6.45) is 2.27. The van der Waals surface area contributed by atoms with E-state index in [0.717, 1.165) is 44.1 Å². The second-order valence-electron chi connectivity index (χ2n) is 7.44. The summed E-state index contributed by atoms with van der Waals surface area (Å²) in [5.41, 5.74) is 1.11. The fourth-order valence-corrected chi connectivity index (χ4v) is 3.90. The first kappa shape index (κ1) is 18.6. The molecular formula is C20H32N2O3. The zero-order valence-corrected chi connectivity index (χ0v) is 15.6. The molecule has 5 nitrogen and oxygen atoms in total. The Balaban J connectivity index is 1.37. The lowest BCUT2D eigenvalue weighted by atomic mass is 10.0. The molecule has 0 aromatic heterocycles. The Morgan fingerprint density at radius 3 is 2.72 bits per heavy atom. The fourth-order valence-electron chi connectivity index (χ4n) is 3.90. The molecule has 2 aliphatic heterocycles. The number of hydrogen-bond donors (Lipinski definition) is 1. The molecule has 2 aliphatic rings. The highest BCUT2D eigenvalue weighted by molar-refractivity contribution is 5.31. The zero-order chi connectivity index (χ0) is 17.6. The fraction of sp³-hybridized carbons (Fsp3) is 0.700. The third kappa shape index (κ3) is 5.42. The van der Waals surface area contributed by atoms with E-state index >= 15 is 0 Å². The van der Waals surface area contributed by atoms with Crippen LogP contribution in [0, 0.1) is 6.92 Å². The van der Waals surface area contributed by atoms with Crippen molar-refractivity contribution in [1.82, 2.24) is 9.80 Å². The van der Waals surface area contributed by atoms with E-state index in [1.165, 1.54) is 12.8 Å². The van der Waals surface area contributed by atoms with Crippen LogP contribution < -0.4 is 4.74 Å². The highest BCUT2D eigenvalue weighted by Gasteiger charge is 2.28. The Labute approximate surface area is 151 Å². The van der Waals surface area contributed by atoms with E-state index in [4.69, 9.17) is 9.47 Å². The number of rotatable bonds is 6. The Morgan fingerprint density at radius 2 is 2.00 bits per heavy atom. The number of β-amino-alcohol motifs (C(OH)–C–C–N with tert-alkyl or cyclic N) is 1. The van der Waals surface area contributed by atoms with E-state index < -0.39 is 6.10 Å². The molecule has 0 saturated carbocycles. The number of aryl methyl sites for hydroxylation is 1. The van der Waals surface area contributed by atoms with Crippen LogP contribution in [0.25, 0.3) is 0 Å². The topological polar surface area (TPSA) is 45.2 Å². The zero-order valence-electron chi connectivity index (χ0n) is 15.6. The number of ether oxygens (including phenoxy) is 2. The van der Waals surface area contributed by atoms with Crippen molar-refractivity contribution >= 4 is 0 Å². The maximum Gasteiger partial charge on any atom is 0.122 e. The largest absolute Gasteiger partial charge is 0.491 e. The second kappa shape index (κ2) is 8.99. The van der Waals surface area contributed by atoms with Gasteiger partial charge in [-0.15, -0.1) is 0 Å². The maximum absolute atomic E-state index is 10.3. The van der Waals surface area contributed by atoms with E-state index in [-0.39, 0.29) is 0 Å². The van der Waals surface area contributed by atoms with Gasteiger partial charge < -0.3 is 19.5 Å². The minimum Gasteiger partial charge on any atom is -0.491 e. The summed E-state index contributed by atoms with van der Waals surface area (Å²) in [6.45, 7) is 10.3. The molecule has 2 unspecified atom stereocenters. The minimum atomic E-state index is -0.445. The molecule has 0 radical (unpaired) electrons. The van der Waals surface area contributed by atoms with Gasteiger partial charge in [-0.2, -0.15) is 0 Å². The number of piperidine rings is 1. The molecule has 0 bridgehead atoms. The van der Waals surface area contributed by atoms with Crippen molar-refractivity contribution in [2.45, 2.75) is 44.9 Å². The number of para-hydroxylation sites is 1. The van der Waals surface area contributed by atoms with Gasteiger partial charge in [0.15, 0.2) is 0 Å². The van der Waals surface area contributed by atoms with Gasteiger partial charge in [-0.25, -0.2) is 0 Å². The van der Waals surface area contributed by atoms with Crippen molar-refractivity contribution in [2.24, 2.45) is 0 Å². The highest BCUT2D eigenvalue weighted by Crippen LogP contribution is 2.20. The molecule has 2 saturated heterocycles. The third-order valence-electron chi connectivity index (χ3n) is 5.34. The average molecular weight is 348 g/mol. The van der Waals surface area contributed by atoms with Gasteiger partial charge in [-0.3, -0.25) is 4.90 Å². The van der Waals surface area contributed by atoms with Crippen LogP contribution in [-0.4, -0.2) is 79.1 Å². The molecule has 0 aliphatic carbocycles. The Morgan fingerprint density at radius 1 is 1.24 bits per heavy atom. The van der Waals surface area contributed by atoms with Crippen LogP contribution in [0.2, 0.25) is 0 Å². The summed E-state index contributed by atoms with van der Waals surface area (Å²) in [5.74, 6) is 0.863. The van der Waals surface area contributed by atoms with Crippen LogP contribution in [-0.2, 0) is 4.74 Å². The molecule has 2 heterocycles. The highest BCUT2D eigenvalue weighted by atomic mass is 16.5. The lowest BCUT2D eigenvalue weighted by Gasteiger charge is -2.42. The van der Waals surface area contributed by atoms with Crippen LogP contribution in [0.5, 0.6) is 5.75 Å². The predicted octanol–water partition coefficient (Wildman–Crippen LogP) is 1.92. The monoisotopic (exact) mass is 348 g/mol. The van der Waals surface area contributed by atoms with Crippen LogP contribution in [0.4, 0.5) is 0 Å². The molecule has 140 valence electrons. The summed E-state index contributed by atoms with van der Waals surface area (Å²) in [6, 6.07) is 8.61. The molecular weight excluding hydrogens is 316 g/mol. The standard InChI is InChI=1S/C20H32N2O3/c1-16-5-3-4-6-20(16)25-15-19(23)14-21-9-7-18(8-10-21)22-11-12-24-17(2)13-22/h3-6,17-19,23H,7-15H2,1-2H3. The summed E-state index contributed by atoms with van der Waals surface area (Å²) < 4.78 is 11.4. The molecule has 25 heavy (non-hydrogen) atoms. The van der Waals surface area contributed by atoms with E-state index in [9.17, 15) is 5.11 Å². The predicted molar refractivity (Wildman–Crippen MR) is 99.1 cm³/mol. The number of likely N-dealkylation sites (tertiary alicyclic amines) is 1.